The first-order valence-electron chi connectivity index (χ1n) is 6.30. The third-order valence-corrected chi connectivity index (χ3v) is 3.04. The van der Waals surface area contributed by atoms with Crippen LogP contribution in [0.15, 0.2) is 24.3 Å². The highest BCUT2D eigenvalue weighted by atomic mass is 16.3. The number of hydrogen-bond donors (Lipinski definition) is 3. The molecule has 2 unspecified atom stereocenters. The van der Waals surface area contributed by atoms with Gasteiger partial charge in [0.2, 0.25) is 0 Å². The van der Waals surface area contributed by atoms with Gasteiger partial charge in [-0.1, -0.05) is 20.3 Å². The molecule has 102 valence electrons. The molecule has 0 saturated heterocycles. The van der Waals surface area contributed by atoms with Crippen LogP contribution in [-0.2, 0) is 0 Å². The van der Waals surface area contributed by atoms with E-state index < -0.39 is 6.10 Å². The minimum Gasteiger partial charge on any atom is -0.391 e. The maximum Gasteiger partial charge on any atom is 0.319 e. The van der Waals surface area contributed by atoms with Crippen molar-refractivity contribution in [1.82, 2.24) is 5.32 Å². The average molecular weight is 261 g/mol. The Labute approximate surface area is 113 Å². The van der Waals surface area contributed by atoms with E-state index in [0.717, 1.165) is 6.42 Å². The van der Waals surface area contributed by atoms with Gasteiger partial charge in [-0.2, -0.15) is 5.26 Å². The van der Waals surface area contributed by atoms with E-state index in [1.165, 1.54) is 0 Å². The summed E-state index contributed by atoms with van der Waals surface area (Å²) in [6.07, 6.45) is 0.316. The van der Waals surface area contributed by atoms with E-state index in [1.54, 1.807) is 24.3 Å². The van der Waals surface area contributed by atoms with Gasteiger partial charge in [0.05, 0.1) is 17.7 Å². The number of nitrogens with zero attached hydrogens (tertiary/aromatic N) is 1. The largest absolute Gasteiger partial charge is 0.391 e. The second kappa shape index (κ2) is 7.39. The van der Waals surface area contributed by atoms with E-state index in [-0.39, 0.29) is 18.5 Å². The molecular formula is C14H19N3O2. The number of rotatable bonds is 5. The Morgan fingerprint density at radius 1 is 1.42 bits per heavy atom. The normalized spacial score (nSPS) is 13.2. The predicted molar refractivity (Wildman–Crippen MR) is 73.6 cm³/mol. The fraction of sp³-hybridized carbons (Fsp3) is 0.429. The third-order valence-electron chi connectivity index (χ3n) is 3.04. The molecule has 3 N–H and O–H groups in total. The number of aliphatic hydroxyl groups excluding tert-OH is 1. The summed E-state index contributed by atoms with van der Waals surface area (Å²) in [5, 5.41) is 23.6. The van der Waals surface area contributed by atoms with Gasteiger partial charge in [-0.15, -0.1) is 0 Å². The number of carbonyl (C=O) groups is 1. The lowest BCUT2D eigenvalue weighted by molar-refractivity contribution is 0.115. The molecule has 1 aromatic rings. The molecule has 0 fully saturated rings. The highest BCUT2D eigenvalue weighted by molar-refractivity contribution is 5.89. The molecule has 0 aliphatic heterocycles. The maximum absolute atomic E-state index is 11.6. The number of nitriles is 1. The SMILES string of the molecule is CCC(C)C(O)CNC(=O)Nc1ccc(C#N)cc1. The van der Waals surface area contributed by atoms with Gasteiger partial charge >= 0.3 is 6.03 Å². The van der Waals surface area contributed by atoms with Crippen LogP contribution in [0.4, 0.5) is 10.5 Å². The molecule has 0 aliphatic carbocycles. The molecule has 0 heterocycles. The zero-order chi connectivity index (χ0) is 14.3. The standard InChI is InChI=1S/C14H19N3O2/c1-3-10(2)13(18)9-16-14(19)17-12-6-4-11(8-15)5-7-12/h4-7,10,13,18H,3,9H2,1-2H3,(H2,16,17,19). The highest BCUT2D eigenvalue weighted by Gasteiger charge is 2.13. The number of anilines is 1. The average Bonchev–Trinajstić information content (AvgIpc) is 2.44. The monoisotopic (exact) mass is 261 g/mol. The summed E-state index contributed by atoms with van der Waals surface area (Å²) < 4.78 is 0. The van der Waals surface area contributed by atoms with E-state index in [4.69, 9.17) is 5.26 Å². The smallest absolute Gasteiger partial charge is 0.319 e. The third kappa shape index (κ3) is 4.98. The number of hydrogen-bond acceptors (Lipinski definition) is 3. The molecule has 1 aromatic carbocycles. The van der Waals surface area contributed by atoms with Gasteiger partial charge < -0.3 is 15.7 Å². The molecule has 0 aromatic heterocycles. The van der Waals surface area contributed by atoms with E-state index in [1.807, 2.05) is 19.9 Å². The molecule has 5 nitrogen and oxygen atoms in total. The van der Waals surface area contributed by atoms with Gasteiger partial charge in [0.25, 0.3) is 0 Å². The zero-order valence-corrected chi connectivity index (χ0v) is 11.2. The van der Waals surface area contributed by atoms with Crippen molar-refractivity contribution in [1.29, 1.82) is 5.26 Å². The molecule has 0 spiro atoms. The van der Waals surface area contributed by atoms with E-state index >= 15 is 0 Å². The van der Waals surface area contributed by atoms with Gasteiger partial charge in [-0.05, 0) is 30.2 Å². The summed E-state index contributed by atoms with van der Waals surface area (Å²) in [6.45, 7) is 4.15. The minimum atomic E-state index is -0.545. The van der Waals surface area contributed by atoms with Crippen LogP contribution >= 0.6 is 0 Å². The Kier molecular flexibility index (Phi) is 5.83. The second-order valence-electron chi connectivity index (χ2n) is 4.48. The predicted octanol–water partition coefficient (Wildman–Crippen LogP) is 2.09. The molecule has 0 bridgehead atoms. The van der Waals surface area contributed by atoms with Crippen molar-refractivity contribution in [2.24, 2.45) is 5.92 Å². The second-order valence-corrected chi connectivity index (χ2v) is 4.48. The summed E-state index contributed by atoms with van der Waals surface area (Å²) in [5.41, 5.74) is 1.15. The minimum absolute atomic E-state index is 0.148. The molecule has 2 amide bonds. The van der Waals surface area contributed by atoms with Crippen molar-refractivity contribution in [3.05, 3.63) is 29.8 Å². The lowest BCUT2D eigenvalue weighted by Gasteiger charge is -2.17. The fourth-order valence-corrected chi connectivity index (χ4v) is 1.47. The lowest BCUT2D eigenvalue weighted by atomic mass is 10.0. The van der Waals surface area contributed by atoms with Crippen LogP contribution in [0.3, 0.4) is 0 Å². The van der Waals surface area contributed by atoms with E-state index in [2.05, 4.69) is 10.6 Å². The van der Waals surface area contributed by atoms with E-state index in [9.17, 15) is 9.90 Å². The number of nitrogens with one attached hydrogen (secondary N) is 2. The number of urea groups is 1. The molecule has 0 radical (unpaired) electrons. The van der Waals surface area contributed by atoms with Crippen LogP contribution in [0.2, 0.25) is 0 Å². The van der Waals surface area contributed by atoms with Crippen LogP contribution in [0.25, 0.3) is 0 Å². The molecule has 5 heteroatoms. The summed E-state index contributed by atoms with van der Waals surface area (Å²) in [5.74, 6) is 0.148. The van der Waals surface area contributed by atoms with Gasteiger partial charge in [0, 0.05) is 12.2 Å². The van der Waals surface area contributed by atoms with Crippen LogP contribution in [-0.4, -0.2) is 23.8 Å². The first-order chi connectivity index (χ1) is 9.06. The van der Waals surface area contributed by atoms with Crippen molar-refractivity contribution in [3.63, 3.8) is 0 Å². The van der Waals surface area contributed by atoms with Crippen molar-refractivity contribution < 1.29 is 9.90 Å². The number of carbonyl (C=O) groups excluding carboxylic acids is 1. The van der Waals surface area contributed by atoms with Gasteiger partial charge in [-0.25, -0.2) is 4.79 Å². The maximum atomic E-state index is 11.6. The summed E-state index contributed by atoms with van der Waals surface area (Å²) >= 11 is 0. The summed E-state index contributed by atoms with van der Waals surface area (Å²) in [6, 6.07) is 8.21. The summed E-state index contributed by atoms with van der Waals surface area (Å²) in [7, 11) is 0. The highest BCUT2D eigenvalue weighted by Crippen LogP contribution is 2.09. The molecule has 19 heavy (non-hydrogen) atoms. The van der Waals surface area contributed by atoms with Crippen molar-refractivity contribution in [3.8, 4) is 6.07 Å². The fourth-order valence-electron chi connectivity index (χ4n) is 1.47. The Morgan fingerprint density at radius 3 is 2.58 bits per heavy atom. The molecule has 2 atom stereocenters. The van der Waals surface area contributed by atoms with Crippen LogP contribution < -0.4 is 10.6 Å². The van der Waals surface area contributed by atoms with Crippen LogP contribution in [0.5, 0.6) is 0 Å². The molecule has 0 aliphatic rings. The van der Waals surface area contributed by atoms with Crippen molar-refractivity contribution in [2.45, 2.75) is 26.4 Å². The number of amides is 2. The Bertz CT molecular complexity index is 451. The molecule has 1 rings (SSSR count). The Hall–Kier alpha value is -2.06. The van der Waals surface area contributed by atoms with Crippen LogP contribution in [0, 0.1) is 17.2 Å². The first-order valence-corrected chi connectivity index (χ1v) is 6.30. The van der Waals surface area contributed by atoms with Gasteiger partial charge in [0.15, 0.2) is 0 Å². The quantitative estimate of drug-likeness (QED) is 0.758. The van der Waals surface area contributed by atoms with E-state index in [0.29, 0.717) is 11.3 Å². The summed E-state index contributed by atoms with van der Waals surface area (Å²) in [4.78, 5) is 11.6. The lowest BCUT2D eigenvalue weighted by Crippen LogP contribution is -2.37. The van der Waals surface area contributed by atoms with Crippen molar-refractivity contribution >= 4 is 11.7 Å². The number of benzene rings is 1. The van der Waals surface area contributed by atoms with Gasteiger partial charge in [0.1, 0.15) is 0 Å². The number of aliphatic hydroxyl groups is 1. The molecule has 0 saturated carbocycles. The van der Waals surface area contributed by atoms with Crippen molar-refractivity contribution in [2.75, 3.05) is 11.9 Å². The van der Waals surface area contributed by atoms with Crippen LogP contribution in [0.1, 0.15) is 25.8 Å². The topological polar surface area (TPSA) is 85.2 Å². The molecular weight excluding hydrogens is 242 g/mol. The first kappa shape index (κ1) is 15.0. The Balaban J connectivity index is 2.40. The zero-order valence-electron chi connectivity index (χ0n) is 11.2. The Morgan fingerprint density at radius 2 is 2.05 bits per heavy atom. The van der Waals surface area contributed by atoms with Gasteiger partial charge in [-0.3, -0.25) is 0 Å².